The standard InChI is InChI=1S/C15H19NO5/c1-19-9-12(20-2)8-16-7-10-3-4-13-11(5-10)6-14(21-13)15(17)18/h3-6,12,16H,7-9H2,1-2H3,(H,17,18). The molecule has 2 N–H and O–H groups in total. The summed E-state index contributed by atoms with van der Waals surface area (Å²) in [5.74, 6) is -1.11. The Labute approximate surface area is 122 Å². The van der Waals surface area contributed by atoms with Gasteiger partial charge in [0.05, 0.1) is 12.7 Å². The van der Waals surface area contributed by atoms with E-state index in [1.54, 1.807) is 20.3 Å². The molecular weight excluding hydrogens is 274 g/mol. The van der Waals surface area contributed by atoms with E-state index in [-0.39, 0.29) is 11.9 Å². The molecule has 0 amide bonds. The molecule has 0 radical (unpaired) electrons. The third-order valence-electron chi connectivity index (χ3n) is 3.18. The number of benzene rings is 1. The number of carboxylic acids is 1. The maximum absolute atomic E-state index is 10.9. The highest BCUT2D eigenvalue weighted by molar-refractivity contribution is 5.91. The van der Waals surface area contributed by atoms with Gasteiger partial charge in [-0.05, 0) is 23.8 Å². The first kappa shape index (κ1) is 15.5. The Balaban J connectivity index is 1.97. The number of hydrogen-bond donors (Lipinski definition) is 2. The Morgan fingerprint density at radius 3 is 2.86 bits per heavy atom. The van der Waals surface area contributed by atoms with Crippen molar-refractivity contribution in [1.29, 1.82) is 0 Å². The molecule has 1 unspecified atom stereocenters. The van der Waals surface area contributed by atoms with Crippen LogP contribution in [0, 0.1) is 0 Å². The van der Waals surface area contributed by atoms with Crippen LogP contribution in [0.3, 0.4) is 0 Å². The zero-order valence-electron chi connectivity index (χ0n) is 12.1. The SMILES string of the molecule is COCC(CNCc1ccc2oc(C(=O)O)cc2c1)OC. The van der Waals surface area contributed by atoms with E-state index < -0.39 is 5.97 Å². The third kappa shape index (κ3) is 4.04. The lowest BCUT2D eigenvalue weighted by atomic mass is 10.1. The number of hydrogen-bond acceptors (Lipinski definition) is 5. The van der Waals surface area contributed by atoms with Crippen LogP contribution in [0.15, 0.2) is 28.7 Å². The number of nitrogens with one attached hydrogen (secondary N) is 1. The van der Waals surface area contributed by atoms with Crippen molar-refractivity contribution in [1.82, 2.24) is 5.32 Å². The lowest BCUT2D eigenvalue weighted by Gasteiger charge is -2.15. The number of ether oxygens (including phenoxy) is 2. The van der Waals surface area contributed by atoms with Gasteiger partial charge in [-0.15, -0.1) is 0 Å². The molecule has 1 aromatic heterocycles. The number of carboxylic acid groups (broad SMARTS) is 1. The molecule has 0 bridgehead atoms. The third-order valence-corrected chi connectivity index (χ3v) is 3.18. The van der Waals surface area contributed by atoms with Crippen LogP contribution in [-0.4, -0.2) is 44.6 Å². The number of rotatable bonds is 8. The van der Waals surface area contributed by atoms with Crippen LogP contribution in [-0.2, 0) is 16.0 Å². The summed E-state index contributed by atoms with van der Waals surface area (Å²) in [7, 11) is 3.29. The molecule has 1 heterocycles. The molecule has 0 aliphatic carbocycles. The molecule has 2 rings (SSSR count). The van der Waals surface area contributed by atoms with Crippen LogP contribution in [0.4, 0.5) is 0 Å². The minimum absolute atomic E-state index is 0.00581. The van der Waals surface area contributed by atoms with Crippen molar-refractivity contribution in [2.75, 3.05) is 27.4 Å². The van der Waals surface area contributed by atoms with Crippen molar-refractivity contribution in [3.63, 3.8) is 0 Å². The smallest absolute Gasteiger partial charge is 0.371 e. The van der Waals surface area contributed by atoms with Crippen LogP contribution in [0.5, 0.6) is 0 Å². The summed E-state index contributed by atoms with van der Waals surface area (Å²) in [5.41, 5.74) is 1.62. The minimum Gasteiger partial charge on any atom is -0.475 e. The van der Waals surface area contributed by atoms with Gasteiger partial charge in [-0.1, -0.05) is 6.07 Å². The average Bonchev–Trinajstić information content (AvgIpc) is 2.89. The molecule has 0 saturated heterocycles. The van der Waals surface area contributed by atoms with Crippen molar-refractivity contribution >= 4 is 16.9 Å². The van der Waals surface area contributed by atoms with E-state index >= 15 is 0 Å². The van der Waals surface area contributed by atoms with Crippen LogP contribution in [0.25, 0.3) is 11.0 Å². The number of aromatic carboxylic acids is 1. The maximum atomic E-state index is 10.9. The lowest BCUT2D eigenvalue weighted by molar-refractivity contribution is 0.0288. The van der Waals surface area contributed by atoms with E-state index in [4.69, 9.17) is 19.0 Å². The molecule has 114 valence electrons. The lowest BCUT2D eigenvalue weighted by Crippen LogP contribution is -2.31. The number of methoxy groups -OCH3 is 2. The van der Waals surface area contributed by atoms with E-state index in [1.807, 2.05) is 12.1 Å². The minimum atomic E-state index is -1.06. The normalized spacial score (nSPS) is 12.7. The van der Waals surface area contributed by atoms with Crippen molar-refractivity contribution in [2.24, 2.45) is 0 Å². The zero-order chi connectivity index (χ0) is 15.2. The fourth-order valence-corrected chi connectivity index (χ4v) is 2.08. The molecule has 2 aromatic rings. The monoisotopic (exact) mass is 293 g/mol. The van der Waals surface area contributed by atoms with Gasteiger partial charge in [0.2, 0.25) is 5.76 Å². The summed E-state index contributed by atoms with van der Waals surface area (Å²) >= 11 is 0. The van der Waals surface area contributed by atoms with E-state index in [9.17, 15) is 4.79 Å². The van der Waals surface area contributed by atoms with E-state index in [2.05, 4.69) is 5.32 Å². The molecule has 0 fully saturated rings. The fraction of sp³-hybridized carbons (Fsp3) is 0.400. The second kappa shape index (κ2) is 7.21. The van der Waals surface area contributed by atoms with Crippen molar-refractivity contribution in [3.05, 3.63) is 35.6 Å². The Bertz CT molecular complexity index is 607. The highest BCUT2D eigenvalue weighted by Crippen LogP contribution is 2.20. The molecule has 0 spiro atoms. The highest BCUT2D eigenvalue weighted by atomic mass is 16.5. The van der Waals surface area contributed by atoms with Gasteiger partial charge in [-0.2, -0.15) is 0 Å². The molecule has 6 heteroatoms. The molecule has 21 heavy (non-hydrogen) atoms. The van der Waals surface area contributed by atoms with E-state index in [1.165, 1.54) is 6.07 Å². The van der Waals surface area contributed by atoms with E-state index in [0.717, 1.165) is 10.9 Å². The van der Waals surface area contributed by atoms with Gasteiger partial charge in [-0.25, -0.2) is 4.79 Å². The van der Waals surface area contributed by atoms with Crippen molar-refractivity contribution in [2.45, 2.75) is 12.6 Å². The largest absolute Gasteiger partial charge is 0.475 e. The van der Waals surface area contributed by atoms with Crippen LogP contribution in [0.1, 0.15) is 16.1 Å². The first-order valence-electron chi connectivity index (χ1n) is 6.62. The second-order valence-corrected chi connectivity index (χ2v) is 4.73. The Morgan fingerprint density at radius 2 is 2.19 bits per heavy atom. The zero-order valence-corrected chi connectivity index (χ0v) is 12.1. The van der Waals surface area contributed by atoms with Crippen molar-refractivity contribution in [3.8, 4) is 0 Å². The van der Waals surface area contributed by atoms with Gasteiger partial charge in [-0.3, -0.25) is 0 Å². The molecule has 0 aliphatic heterocycles. The highest BCUT2D eigenvalue weighted by Gasteiger charge is 2.11. The summed E-state index contributed by atoms with van der Waals surface area (Å²) in [6.07, 6.45) is 0.00581. The topological polar surface area (TPSA) is 80.9 Å². The molecular formula is C15H19NO5. The Kier molecular flexibility index (Phi) is 5.32. The second-order valence-electron chi connectivity index (χ2n) is 4.73. The number of furan rings is 1. The summed E-state index contributed by atoms with van der Waals surface area (Å²) in [6, 6.07) is 7.13. The van der Waals surface area contributed by atoms with Gasteiger partial charge >= 0.3 is 5.97 Å². The molecule has 6 nitrogen and oxygen atoms in total. The molecule has 0 saturated carbocycles. The van der Waals surface area contributed by atoms with Gasteiger partial charge in [0.15, 0.2) is 0 Å². The molecule has 1 atom stereocenters. The average molecular weight is 293 g/mol. The molecule has 1 aromatic carbocycles. The van der Waals surface area contributed by atoms with Crippen LogP contribution in [0.2, 0.25) is 0 Å². The number of carbonyl (C=O) groups is 1. The van der Waals surface area contributed by atoms with Gasteiger partial charge in [0.1, 0.15) is 5.58 Å². The van der Waals surface area contributed by atoms with E-state index in [0.29, 0.717) is 25.3 Å². The Hall–Kier alpha value is -1.89. The predicted molar refractivity (Wildman–Crippen MR) is 77.6 cm³/mol. The van der Waals surface area contributed by atoms with Gasteiger partial charge < -0.3 is 24.3 Å². The first-order chi connectivity index (χ1) is 10.1. The van der Waals surface area contributed by atoms with Crippen LogP contribution >= 0.6 is 0 Å². The summed E-state index contributed by atoms with van der Waals surface area (Å²) in [6.45, 7) is 1.87. The van der Waals surface area contributed by atoms with Crippen LogP contribution < -0.4 is 5.32 Å². The summed E-state index contributed by atoms with van der Waals surface area (Å²) in [5, 5.41) is 13.0. The predicted octanol–water partition coefficient (Wildman–Crippen LogP) is 1.88. The summed E-state index contributed by atoms with van der Waals surface area (Å²) < 4.78 is 15.5. The first-order valence-corrected chi connectivity index (χ1v) is 6.62. The maximum Gasteiger partial charge on any atom is 0.371 e. The van der Waals surface area contributed by atoms with Gasteiger partial charge in [0.25, 0.3) is 0 Å². The summed E-state index contributed by atoms with van der Waals surface area (Å²) in [4.78, 5) is 10.9. The Morgan fingerprint density at radius 1 is 1.38 bits per heavy atom. The van der Waals surface area contributed by atoms with Crippen molar-refractivity contribution < 1.29 is 23.8 Å². The number of fused-ring (bicyclic) bond motifs is 1. The quantitative estimate of drug-likeness (QED) is 0.773. The van der Waals surface area contributed by atoms with Gasteiger partial charge in [0, 0.05) is 32.7 Å². The fourth-order valence-electron chi connectivity index (χ4n) is 2.08. The molecule has 0 aliphatic rings.